The second-order valence-corrected chi connectivity index (χ2v) is 4.50. The number of nitrogens with one attached hydrogen (secondary N) is 1. The number of aliphatic hydroxyl groups excluding tert-OH is 3. The Morgan fingerprint density at radius 2 is 2.20 bits per heavy atom. The van der Waals surface area contributed by atoms with Crippen LogP contribution in [0.4, 0.5) is 5.95 Å². The highest BCUT2D eigenvalue weighted by Gasteiger charge is 2.44. The molecule has 0 aliphatic carbocycles. The van der Waals surface area contributed by atoms with E-state index in [1.807, 2.05) is 0 Å². The first-order valence-corrected chi connectivity index (χ1v) is 5.87. The molecular weight excluding hydrogens is 271 g/mol. The number of H-pyrrole nitrogens is 1. The average molecular weight is 284 g/mol. The minimum atomic E-state index is -1.29. The van der Waals surface area contributed by atoms with Gasteiger partial charge >= 0.3 is 0 Å². The van der Waals surface area contributed by atoms with Crippen LogP contribution in [-0.4, -0.2) is 59.8 Å². The SMILES string of the molecule is Nc1nc2c(ncn2[C@@H]2O[C@H](CO)[C@@H](O)[C@H]2O)c(=[17O])[nH]1. The van der Waals surface area contributed by atoms with Crippen molar-refractivity contribution in [1.82, 2.24) is 19.5 Å². The fourth-order valence-corrected chi connectivity index (χ4v) is 2.24. The summed E-state index contributed by atoms with van der Waals surface area (Å²) in [6.07, 6.45) is -3.21. The molecule has 10 nitrogen and oxygen atoms in total. The Labute approximate surface area is 111 Å². The highest BCUT2D eigenvalue weighted by molar-refractivity contribution is 5.70. The molecule has 1 saturated heterocycles. The first-order chi connectivity index (χ1) is 9.52. The maximum absolute atomic E-state index is 11.7. The minimum absolute atomic E-state index is 0.0388. The molecule has 1 aliphatic heterocycles. The Hall–Kier alpha value is -2.01. The molecule has 0 bridgehead atoms. The van der Waals surface area contributed by atoms with Crippen LogP contribution in [-0.2, 0) is 4.74 Å². The van der Waals surface area contributed by atoms with Crippen LogP contribution >= 0.6 is 0 Å². The molecule has 0 saturated carbocycles. The third-order valence-corrected chi connectivity index (χ3v) is 3.24. The molecule has 0 spiro atoms. The number of rotatable bonds is 2. The second-order valence-electron chi connectivity index (χ2n) is 4.50. The summed E-state index contributed by atoms with van der Waals surface area (Å²) in [5.41, 5.74) is 5.12. The van der Waals surface area contributed by atoms with Crippen LogP contribution in [0.15, 0.2) is 11.1 Å². The Balaban J connectivity index is 2.09. The molecule has 4 atom stereocenters. The van der Waals surface area contributed by atoms with Gasteiger partial charge in [0.25, 0.3) is 5.56 Å². The van der Waals surface area contributed by atoms with Crippen molar-refractivity contribution >= 4 is 17.1 Å². The van der Waals surface area contributed by atoms with Crippen molar-refractivity contribution in [2.45, 2.75) is 24.5 Å². The van der Waals surface area contributed by atoms with Crippen LogP contribution in [0.2, 0.25) is 0 Å². The maximum atomic E-state index is 11.7. The Kier molecular flexibility index (Phi) is 2.94. The van der Waals surface area contributed by atoms with E-state index in [4.69, 9.17) is 15.6 Å². The summed E-state index contributed by atoms with van der Waals surface area (Å²) in [6, 6.07) is 0. The number of anilines is 1. The van der Waals surface area contributed by atoms with E-state index in [9.17, 15) is 15.0 Å². The number of nitrogen functional groups attached to an aromatic ring is 1. The molecule has 2 aromatic rings. The summed E-state index contributed by atoms with van der Waals surface area (Å²) in [6.45, 7) is -0.447. The van der Waals surface area contributed by atoms with Crippen molar-refractivity contribution in [2.24, 2.45) is 0 Å². The van der Waals surface area contributed by atoms with E-state index in [0.29, 0.717) is 0 Å². The number of hydrogen-bond acceptors (Lipinski definition) is 8. The van der Waals surface area contributed by atoms with Gasteiger partial charge in [-0.3, -0.25) is 14.3 Å². The van der Waals surface area contributed by atoms with E-state index in [2.05, 4.69) is 15.0 Å². The smallest absolute Gasteiger partial charge is 0.280 e. The van der Waals surface area contributed by atoms with E-state index in [0.717, 1.165) is 0 Å². The zero-order chi connectivity index (χ0) is 14.4. The average Bonchev–Trinajstić information content (AvgIpc) is 2.93. The number of imidazole rings is 1. The van der Waals surface area contributed by atoms with E-state index >= 15 is 0 Å². The highest BCUT2D eigenvalue weighted by Crippen LogP contribution is 2.30. The third-order valence-electron chi connectivity index (χ3n) is 3.24. The Morgan fingerprint density at radius 1 is 1.45 bits per heavy atom. The van der Waals surface area contributed by atoms with Gasteiger partial charge in [0.1, 0.15) is 18.3 Å². The van der Waals surface area contributed by atoms with Crippen molar-refractivity contribution in [3.63, 3.8) is 0 Å². The van der Waals surface area contributed by atoms with Crippen LogP contribution < -0.4 is 11.3 Å². The van der Waals surface area contributed by atoms with Crippen molar-refractivity contribution in [1.29, 1.82) is 0 Å². The van der Waals surface area contributed by atoms with Gasteiger partial charge < -0.3 is 25.8 Å². The van der Waals surface area contributed by atoms with Crippen molar-refractivity contribution in [2.75, 3.05) is 12.3 Å². The summed E-state index contributed by atoms with van der Waals surface area (Å²) < 4.78 is 6.64. The van der Waals surface area contributed by atoms with Crippen molar-refractivity contribution in [3.8, 4) is 0 Å². The summed E-state index contributed by atoms with van der Waals surface area (Å²) in [7, 11) is 0. The largest absolute Gasteiger partial charge is 0.394 e. The molecule has 10 heteroatoms. The lowest BCUT2D eigenvalue weighted by Crippen LogP contribution is -2.33. The van der Waals surface area contributed by atoms with Gasteiger partial charge in [-0.2, -0.15) is 4.98 Å². The van der Waals surface area contributed by atoms with E-state index < -0.39 is 36.7 Å². The number of aromatic amines is 1. The monoisotopic (exact) mass is 284 g/mol. The van der Waals surface area contributed by atoms with Crippen LogP contribution in [0.3, 0.4) is 0 Å². The van der Waals surface area contributed by atoms with Gasteiger partial charge in [-0.05, 0) is 0 Å². The molecule has 6 N–H and O–H groups in total. The zero-order valence-electron chi connectivity index (χ0n) is 10.2. The second kappa shape index (κ2) is 4.52. The Bertz CT molecular complexity index is 697. The van der Waals surface area contributed by atoms with Gasteiger partial charge in [0, 0.05) is 0 Å². The highest BCUT2D eigenvalue weighted by atomic mass is 17.1. The van der Waals surface area contributed by atoms with Crippen LogP contribution in [0.25, 0.3) is 11.2 Å². The minimum Gasteiger partial charge on any atom is -0.394 e. The molecular formula is C10H13N5O5. The molecule has 0 radical (unpaired) electrons. The number of nitrogens with two attached hydrogens (primary N) is 1. The van der Waals surface area contributed by atoms with Gasteiger partial charge in [-0.15, -0.1) is 0 Å². The lowest BCUT2D eigenvalue weighted by atomic mass is 10.1. The first kappa shape index (κ1) is 13.0. The molecule has 20 heavy (non-hydrogen) atoms. The third kappa shape index (κ3) is 1.78. The fraction of sp³-hybridized carbons (Fsp3) is 0.500. The van der Waals surface area contributed by atoms with Gasteiger partial charge in [0.05, 0.1) is 12.9 Å². The molecule has 3 rings (SSSR count). The molecule has 1 aliphatic rings. The molecule has 0 unspecified atom stereocenters. The standard InChI is InChI=1S/C10H13N5O5/c11-10-13-7-4(8(19)14-10)12-2-15(7)9-6(18)5(17)3(1-16)20-9/h2-3,5-6,9,16-18H,1H2,(H3,11,13,14,19)/t3-,5-,6-,9-/m1/s1/i19+1. The first-order valence-electron chi connectivity index (χ1n) is 5.87. The summed E-state index contributed by atoms with van der Waals surface area (Å²) in [5.74, 6) is -0.101. The lowest BCUT2D eigenvalue weighted by molar-refractivity contribution is -0.0511. The Morgan fingerprint density at radius 3 is 2.85 bits per heavy atom. The van der Waals surface area contributed by atoms with E-state index in [-0.39, 0.29) is 17.1 Å². The number of ether oxygens (including phenoxy) is 1. The quantitative estimate of drug-likeness (QED) is 0.398. The van der Waals surface area contributed by atoms with Gasteiger partial charge in [0.2, 0.25) is 5.95 Å². The molecule has 0 amide bonds. The summed E-state index contributed by atoms with van der Waals surface area (Å²) in [5, 5.41) is 28.7. The summed E-state index contributed by atoms with van der Waals surface area (Å²) in [4.78, 5) is 21.8. The normalized spacial score (nSPS) is 30.1. The number of fused-ring (bicyclic) bond motifs is 1. The van der Waals surface area contributed by atoms with E-state index in [1.165, 1.54) is 10.9 Å². The number of nitrogens with zero attached hydrogens (tertiary/aromatic N) is 3. The van der Waals surface area contributed by atoms with Crippen LogP contribution in [0, 0.1) is 0 Å². The number of aliphatic hydroxyl groups is 3. The number of hydrogen-bond donors (Lipinski definition) is 5. The molecule has 3 heterocycles. The van der Waals surface area contributed by atoms with Gasteiger partial charge in [-0.25, -0.2) is 4.98 Å². The van der Waals surface area contributed by atoms with Crippen molar-refractivity contribution < 1.29 is 20.1 Å². The molecule has 108 valence electrons. The molecule has 1 fully saturated rings. The number of aromatic nitrogens is 4. The predicted molar refractivity (Wildman–Crippen MR) is 65.6 cm³/mol. The van der Waals surface area contributed by atoms with Crippen LogP contribution in [0.1, 0.15) is 6.23 Å². The van der Waals surface area contributed by atoms with Gasteiger partial charge in [-0.1, -0.05) is 0 Å². The maximum Gasteiger partial charge on any atom is 0.280 e. The fourth-order valence-electron chi connectivity index (χ4n) is 2.24. The topological polar surface area (TPSA) is 160 Å². The van der Waals surface area contributed by atoms with Gasteiger partial charge in [0.15, 0.2) is 17.4 Å². The summed E-state index contributed by atoms with van der Waals surface area (Å²) >= 11 is 0. The van der Waals surface area contributed by atoms with Crippen molar-refractivity contribution in [3.05, 3.63) is 16.7 Å². The lowest BCUT2D eigenvalue weighted by Gasteiger charge is -2.16. The van der Waals surface area contributed by atoms with E-state index in [1.54, 1.807) is 0 Å². The molecule has 2 aromatic heterocycles. The zero-order valence-corrected chi connectivity index (χ0v) is 10.2. The predicted octanol–water partition coefficient (Wildman–Crippen LogP) is -2.69. The molecule has 0 aromatic carbocycles. The van der Waals surface area contributed by atoms with Crippen LogP contribution in [0.5, 0.6) is 0 Å².